The number of fused-ring (bicyclic) bond motifs is 1. The standard InChI is InChI=1S/C21H27N3O3/c1-5-12-26-21(25)18-13-16-8-7-11-24(16)20(15(18)3)19(6-2)27-14-17-9-10-22-23(17)4/h7-11,13,19H,5-6,12,14H2,1-4H3. The lowest BCUT2D eigenvalue weighted by Crippen LogP contribution is -2.16. The molecule has 0 aliphatic rings. The highest BCUT2D eigenvalue weighted by molar-refractivity contribution is 5.92. The molecule has 0 saturated carbocycles. The van der Waals surface area contributed by atoms with Gasteiger partial charge in [0.2, 0.25) is 0 Å². The Morgan fingerprint density at radius 1 is 1.30 bits per heavy atom. The average Bonchev–Trinajstić information content (AvgIpc) is 3.29. The number of hydrogen-bond acceptors (Lipinski definition) is 4. The minimum Gasteiger partial charge on any atom is -0.462 e. The minimum atomic E-state index is -0.277. The summed E-state index contributed by atoms with van der Waals surface area (Å²) in [4.78, 5) is 12.6. The van der Waals surface area contributed by atoms with Crippen molar-refractivity contribution in [3.8, 4) is 0 Å². The van der Waals surface area contributed by atoms with Gasteiger partial charge in [0, 0.05) is 25.0 Å². The van der Waals surface area contributed by atoms with E-state index in [1.807, 2.05) is 56.0 Å². The van der Waals surface area contributed by atoms with Crippen molar-refractivity contribution >= 4 is 11.5 Å². The first-order chi connectivity index (χ1) is 13.1. The topological polar surface area (TPSA) is 57.8 Å². The molecule has 0 N–H and O–H groups in total. The fourth-order valence-corrected chi connectivity index (χ4v) is 3.31. The van der Waals surface area contributed by atoms with Crippen LogP contribution in [-0.2, 0) is 23.1 Å². The summed E-state index contributed by atoms with van der Waals surface area (Å²) in [6.07, 6.45) is 5.22. The molecule has 0 spiro atoms. The van der Waals surface area contributed by atoms with Crippen LogP contribution in [0.15, 0.2) is 36.7 Å². The van der Waals surface area contributed by atoms with E-state index in [2.05, 4.69) is 16.4 Å². The Balaban J connectivity index is 1.97. The zero-order valence-electron chi connectivity index (χ0n) is 16.4. The van der Waals surface area contributed by atoms with Crippen molar-refractivity contribution in [3.05, 3.63) is 59.2 Å². The number of aryl methyl sites for hydroxylation is 1. The third kappa shape index (κ3) is 3.90. The smallest absolute Gasteiger partial charge is 0.338 e. The molecular weight excluding hydrogens is 342 g/mol. The summed E-state index contributed by atoms with van der Waals surface area (Å²) in [5.41, 5.74) is 4.46. The summed E-state index contributed by atoms with van der Waals surface area (Å²) in [5, 5.41) is 4.19. The summed E-state index contributed by atoms with van der Waals surface area (Å²) in [6, 6.07) is 7.81. The Kier molecular flexibility index (Phi) is 5.96. The third-order valence-corrected chi connectivity index (χ3v) is 4.81. The molecule has 144 valence electrons. The van der Waals surface area contributed by atoms with Crippen molar-refractivity contribution in [2.24, 2.45) is 7.05 Å². The Labute approximate surface area is 159 Å². The van der Waals surface area contributed by atoms with Gasteiger partial charge in [0.25, 0.3) is 0 Å². The van der Waals surface area contributed by atoms with E-state index in [4.69, 9.17) is 9.47 Å². The summed E-state index contributed by atoms with van der Waals surface area (Å²) in [7, 11) is 1.90. The van der Waals surface area contributed by atoms with Crippen LogP contribution in [0.25, 0.3) is 5.52 Å². The molecule has 0 amide bonds. The van der Waals surface area contributed by atoms with Crippen LogP contribution in [0.1, 0.15) is 60.1 Å². The number of hydrogen-bond donors (Lipinski definition) is 0. The molecule has 0 radical (unpaired) electrons. The number of carbonyl (C=O) groups excluding carboxylic acids is 1. The van der Waals surface area contributed by atoms with Crippen molar-refractivity contribution in [3.63, 3.8) is 0 Å². The van der Waals surface area contributed by atoms with Gasteiger partial charge in [-0.2, -0.15) is 5.10 Å². The average molecular weight is 369 g/mol. The largest absolute Gasteiger partial charge is 0.462 e. The zero-order valence-corrected chi connectivity index (χ0v) is 16.4. The highest BCUT2D eigenvalue weighted by Crippen LogP contribution is 2.30. The zero-order chi connectivity index (χ0) is 19.4. The number of nitrogens with zero attached hydrogens (tertiary/aromatic N) is 3. The molecule has 3 aromatic rings. The van der Waals surface area contributed by atoms with E-state index in [1.165, 1.54) is 0 Å². The summed E-state index contributed by atoms with van der Waals surface area (Å²) in [6.45, 7) is 6.93. The lowest BCUT2D eigenvalue weighted by molar-refractivity contribution is 0.0295. The van der Waals surface area contributed by atoms with Crippen LogP contribution in [-0.4, -0.2) is 26.8 Å². The van der Waals surface area contributed by atoms with Gasteiger partial charge in [0.15, 0.2) is 0 Å². The molecule has 27 heavy (non-hydrogen) atoms. The van der Waals surface area contributed by atoms with Crippen LogP contribution in [0.2, 0.25) is 0 Å². The molecule has 0 aromatic carbocycles. The van der Waals surface area contributed by atoms with Gasteiger partial charge in [-0.05, 0) is 49.6 Å². The number of pyridine rings is 1. The molecule has 0 aliphatic heterocycles. The molecule has 3 aromatic heterocycles. The maximum atomic E-state index is 12.6. The summed E-state index contributed by atoms with van der Waals surface area (Å²) in [5.74, 6) is -0.277. The molecule has 6 heteroatoms. The number of carbonyl (C=O) groups is 1. The van der Waals surface area contributed by atoms with Gasteiger partial charge < -0.3 is 13.9 Å². The molecule has 6 nitrogen and oxygen atoms in total. The Bertz CT molecular complexity index is 926. The van der Waals surface area contributed by atoms with Crippen LogP contribution in [0.4, 0.5) is 0 Å². The first-order valence-corrected chi connectivity index (χ1v) is 9.43. The first kappa shape index (κ1) is 19.2. The Hall–Kier alpha value is -2.60. The van der Waals surface area contributed by atoms with Crippen LogP contribution < -0.4 is 0 Å². The molecule has 0 aliphatic carbocycles. The highest BCUT2D eigenvalue weighted by atomic mass is 16.5. The minimum absolute atomic E-state index is 0.145. The van der Waals surface area contributed by atoms with Crippen molar-refractivity contribution in [1.82, 2.24) is 14.2 Å². The van der Waals surface area contributed by atoms with Crippen molar-refractivity contribution in [1.29, 1.82) is 0 Å². The van der Waals surface area contributed by atoms with E-state index in [1.54, 1.807) is 6.20 Å². The molecular formula is C21H27N3O3. The fourth-order valence-electron chi connectivity index (χ4n) is 3.31. The molecule has 0 bridgehead atoms. The van der Waals surface area contributed by atoms with Gasteiger partial charge in [-0.1, -0.05) is 13.8 Å². The number of rotatable bonds is 8. The first-order valence-electron chi connectivity index (χ1n) is 9.43. The molecule has 3 rings (SSSR count). The Morgan fingerprint density at radius 2 is 2.11 bits per heavy atom. The van der Waals surface area contributed by atoms with Gasteiger partial charge in [0.1, 0.15) is 0 Å². The predicted molar refractivity (Wildman–Crippen MR) is 104 cm³/mol. The second-order valence-electron chi connectivity index (χ2n) is 6.66. The number of ether oxygens (including phenoxy) is 2. The van der Waals surface area contributed by atoms with E-state index in [0.29, 0.717) is 18.8 Å². The van der Waals surface area contributed by atoms with Crippen molar-refractivity contribution < 1.29 is 14.3 Å². The predicted octanol–water partition coefficient (Wildman–Crippen LogP) is 4.22. The van der Waals surface area contributed by atoms with Gasteiger partial charge >= 0.3 is 5.97 Å². The number of esters is 1. The maximum absolute atomic E-state index is 12.6. The SMILES string of the molecule is CCCOC(=O)c1cc2cccn2c(C(CC)OCc2ccnn2C)c1C. The van der Waals surface area contributed by atoms with E-state index >= 15 is 0 Å². The highest BCUT2D eigenvalue weighted by Gasteiger charge is 2.22. The Morgan fingerprint density at radius 3 is 2.78 bits per heavy atom. The second-order valence-corrected chi connectivity index (χ2v) is 6.66. The van der Waals surface area contributed by atoms with Crippen LogP contribution in [0, 0.1) is 6.92 Å². The van der Waals surface area contributed by atoms with Crippen molar-refractivity contribution in [2.75, 3.05) is 6.61 Å². The summed E-state index contributed by atoms with van der Waals surface area (Å²) >= 11 is 0. The van der Waals surface area contributed by atoms with Gasteiger partial charge in [0.05, 0.1) is 36.3 Å². The molecule has 0 fully saturated rings. The molecule has 0 saturated heterocycles. The van der Waals surface area contributed by atoms with E-state index in [0.717, 1.165) is 35.3 Å². The van der Waals surface area contributed by atoms with E-state index in [9.17, 15) is 4.79 Å². The van der Waals surface area contributed by atoms with E-state index in [-0.39, 0.29) is 12.1 Å². The lowest BCUT2D eigenvalue weighted by Gasteiger charge is -2.22. The van der Waals surface area contributed by atoms with Gasteiger partial charge in [-0.25, -0.2) is 4.79 Å². The third-order valence-electron chi connectivity index (χ3n) is 4.81. The monoisotopic (exact) mass is 369 g/mol. The molecule has 1 atom stereocenters. The van der Waals surface area contributed by atoms with Gasteiger partial charge in [-0.3, -0.25) is 4.68 Å². The van der Waals surface area contributed by atoms with Crippen molar-refractivity contribution in [2.45, 2.75) is 46.3 Å². The second kappa shape index (κ2) is 8.39. The van der Waals surface area contributed by atoms with Crippen LogP contribution in [0.3, 0.4) is 0 Å². The maximum Gasteiger partial charge on any atom is 0.338 e. The summed E-state index contributed by atoms with van der Waals surface area (Å²) < 4.78 is 15.5. The van der Waals surface area contributed by atoms with E-state index < -0.39 is 0 Å². The molecule has 3 heterocycles. The normalized spacial score (nSPS) is 12.4. The quantitative estimate of drug-likeness (QED) is 0.558. The fraction of sp³-hybridized carbons (Fsp3) is 0.429. The number of aromatic nitrogens is 3. The van der Waals surface area contributed by atoms with Gasteiger partial charge in [-0.15, -0.1) is 0 Å². The molecule has 1 unspecified atom stereocenters. The van der Waals surface area contributed by atoms with Crippen LogP contribution in [0.5, 0.6) is 0 Å². The lowest BCUT2D eigenvalue weighted by atomic mass is 10.0. The van der Waals surface area contributed by atoms with Crippen LogP contribution >= 0.6 is 0 Å².